The van der Waals surface area contributed by atoms with Crippen LogP contribution in [0.4, 0.5) is 0 Å². The van der Waals surface area contributed by atoms with Gasteiger partial charge in [0, 0.05) is 32.7 Å². The number of unbranched alkanes of at least 4 members (excludes halogenated alkanes) is 2. The quantitative estimate of drug-likeness (QED) is 0.274. The third-order valence-electron chi connectivity index (χ3n) is 2.68. The van der Waals surface area contributed by atoms with E-state index in [1.165, 1.54) is 7.11 Å². The largest absolute Gasteiger partial charge is 0.469 e. The Hall–Kier alpha value is -1.30. The molecule has 6 heteroatoms. The summed E-state index contributed by atoms with van der Waals surface area (Å²) in [5, 5.41) is 6.48. The number of esters is 1. The number of methoxy groups -OCH3 is 2. The lowest BCUT2D eigenvalue weighted by atomic mass is 10.2. The van der Waals surface area contributed by atoms with Crippen LogP contribution in [0.25, 0.3) is 0 Å². The van der Waals surface area contributed by atoms with Gasteiger partial charge in [0.2, 0.25) is 0 Å². The molecule has 0 saturated heterocycles. The van der Waals surface area contributed by atoms with Crippen LogP contribution in [-0.4, -0.2) is 51.9 Å². The number of aliphatic imine (C=N–C) groups is 1. The predicted molar refractivity (Wildman–Crippen MR) is 80.9 cm³/mol. The lowest BCUT2D eigenvalue weighted by Crippen LogP contribution is -2.44. The van der Waals surface area contributed by atoms with E-state index in [2.05, 4.69) is 20.4 Å². The predicted octanol–water partition coefficient (Wildman–Crippen LogP) is 1.31. The first kappa shape index (κ1) is 18.7. The van der Waals surface area contributed by atoms with E-state index in [0.29, 0.717) is 13.0 Å². The van der Waals surface area contributed by atoms with Gasteiger partial charge >= 0.3 is 5.97 Å². The van der Waals surface area contributed by atoms with Crippen molar-refractivity contribution < 1.29 is 14.3 Å². The molecule has 1 unspecified atom stereocenters. The van der Waals surface area contributed by atoms with Crippen molar-refractivity contribution in [1.29, 1.82) is 0 Å². The van der Waals surface area contributed by atoms with Gasteiger partial charge in [0.25, 0.3) is 0 Å². The number of carbonyl (C=O) groups is 1. The summed E-state index contributed by atoms with van der Waals surface area (Å²) in [6.07, 6.45) is 3.29. The number of hydrogen-bond donors (Lipinski definition) is 2. The van der Waals surface area contributed by atoms with E-state index in [4.69, 9.17) is 4.74 Å². The molecule has 6 nitrogen and oxygen atoms in total. The minimum atomic E-state index is -0.142. The molecule has 0 amide bonds. The van der Waals surface area contributed by atoms with Crippen molar-refractivity contribution in [2.45, 2.75) is 45.6 Å². The smallest absolute Gasteiger partial charge is 0.305 e. The third kappa shape index (κ3) is 10.6. The maximum Gasteiger partial charge on any atom is 0.305 e. The summed E-state index contributed by atoms with van der Waals surface area (Å²) in [5.74, 6) is 0.668. The topological polar surface area (TPSA) is 72.0 Å². The molecule has 0 aliphatic carbocycles. The van der Waals surface area contributed by atoms with Gasteiger partial charge in [-0.05, 0) is 26.7 Å². The highest BCUT2D eigenvalue weighted by Gasteiger charge is 2.04. The van der Waals surface area contributed by atoms with Gasteiger partial charge < -0.3 is 20.1 Å². The van der Waals surface area contributed by atoms with E-state index in [1.807, 2.05) is 13.8 Å². The van der Waals surface area contributed by atoms with Crippen LogP contribution in [0, 0.1) is 0 Å². The van der Waals surface area contributed by atoms with Crippen LogP contribution in [0.5, 0.6) is 0 Å². The summed E-state index contributed by atoms with van der Waals surface area (Å²) in [5.41, 5.74) is 0. The van der Waals surface area contributed by atoms with Gasteiger partial charge in [0.15, 0.2) is 5.96 Å². The lowest BCUT2D eigenvalue weighted by Gasteiger charge is -2.16. The van der Waals surface area contributed by atoms with E-state index >= 15 is 0 Å². The molecule has 118 valence electrons. The standard InChI is InChI=1S/C14H29N3O3/c1-5-15-14(17-12(2)11-19-3)16-10-8-6-7-9-13(18)20-4/h12H,5-11H2,1-4H3,(H2,15,16,17). The highest BCUT2D eigenvalue weighted by Crippen LogP contribution is 2.01. The van der Waals surface area contributed by atoms with Crippen LogP contribution in [0.2, 0.25) is 0 Å². The molecule has 0 heterocycles. The van der Waals surface area contributed by atoms with Gasteiger partial charge in [-0.3, -0.25) is 9.79 Å². The summed E-state index contributed by atoms with van der Waals surface area (Å²) in [7, 11) is 3.10. The van der Waals surface area contributed by atoms with Crippen molar-refractivity contribution in [3.05, 3.63) is 0 Å². The van der Waals surface area contributed by atoms with Gasteiger partial charge in [0.05, 0.1) is 13.7 Å². The molecule has 0 radical (unpaired) electrons. The summed E-state index contributed by atoms with van der Waals surface area (Å²) in [4.78, 5) is 15.4. The Morgan fingerprint density at radius 3 is 2.60 bits per heavy atom. The van der Waals surface area contributed by atoms with Crippen LogP contribution >= 0.6 is 0 Å². The number of guanidine groups is 1. The van der Waals surface area contributed by atoms with Crippen LogP contribution in [0.3, 0.4) is 0 Å². The Morgan fingerprint density at radius 2 is 2.00 bits per heavy atom. The molecule has 2 N–H and O–H groups in total. The highest BCUT2D eigenvalue weighted by molar-refractivity contribution is 5.80. The second-order valence-corrected chi connectivity index (χ2v) is 4.65. The zero-order valence-corrected chi connectivity index (χ0v) is 13.2. The Kier molecular flexibility index (Phi) is 11.9. The average molecular weight is 287 g/mol. The number of nitrogens with one attached hydrogen (secondary N) is 2. The summed E-state index contributed by atoms with van der Waals surface area (Å²) >= 11 is 0. The molecular formula is C14H29N3O3. The van der Waals surface area contributed by atoms with Gasteiger partial charge in [-0.25, -0.2) is 0 Å². The molecule has 0 saturated carbocycles. The van der Waals surface area contributed by atoms with Gasteiger partial charge in [-0.1, -0.05) is 6.42 Å². The zero-order chi connectivity index (χ0) is 15.2. The van der Waals surface area contributed by atoms with E-state index in [0.717, 1.165) is 38.3 Å². The van der Waals surface area contributed by atoms with E-state index in [9.17, 15) is 4.79 Å². The van der Waals surface area contributed by atoms with Crippen molar-refractivity contribution >= 4 is 11.9 Å². The molecule has 0 aliphatic heterocycles. The normalized spacial score (nSPS) is 12.9. The molecule has 0 spiro atoms. The summed E-state index contributed by atoms with van der Waals surface area (Å²) < 4.78 is 9.68. The number of ether oxygens (including phenoxy) is 2. The zero-order valence-electron chi connectivity index (χ0n) is 13.2. The summed E-state index contributed by atoms with van der Waals surface area (Å²) in [6.45, 7) is 6.30. The van der Waals surface area contributed by atoms with Crippen molar-refractivity contribution in [3.63, 3.8) is 0 Å². The maximum atomic E-state index is 10.9. The number of nitrogens with zero attached hydrogens (tertiary/aromatic N) is 1. The molecule has 0 aromatic rings. The Bertz CT molecular complexity index is 283. The van der Waals surface area contributed by atoms with Crippen LogP contribution in [0.15, 0.2) is 4.99 Å². The second-order valence-electron chi connectivity index (χ2n) is 4.65. The van der Waals surface area contributed by atoms with E-state index in [1.54, 1.807) is 7.11 Å². The van der Waals surface area contributed by atoms with Crippen molar-refractivity contribution in [2.24, 2.45) is 4.99 Å². The first-order valence-electron chi connectivity index (χ1n) is 7.24. The van der Waals surface area contributed by atoms with Crippen LogP contribution in [0.1, 0.15) is 39.5 Å². The van der Waals surface area contributed by atoms with Crippen LogP contribution in [-0.2, 0) is 14.3 Å². The van der Waals surface area contributed by atoms with Gasteiger partial charge in [-0.2, -0.15) is 0 Å². The first-order chi connectivity index (χ1) is 9.63. The molecule has 0 fully saturated rings. The molecule has 20 heavy (non-hydrogen) atoms. The number of carbonyl (C=O) groups excluding carboxylic acids is 1. The molecule has 1 atom stereocenters. The summed E-state index contributed by atoms with van der Waals surface area (Å²) in [6, 6.07) is 0.220. The fraction of sp³-hybridized carbons (Fsp3) is 0.857. The fourth-order valence-electron chi connectivity index (χ4n) is 1.70. The fourth-order valence-corrected chi connectivity index (χ4v) is 1.70. The SMILES string of the molecule is CCNC(=NCCCCCC(=O)OC)NC(C)COC. The minimum absolute atomic E-state index is 0.142. The van der Waals surface area contributed by atoms with Crippen LogP contribution < -0.4 is 10.6 Å². The van der Waals surface area contributed by atoms with Crippen molar-refractivity contribution in [2.75, 3.05) is 33.9 Å². The Labute approximate surface area is 122 Å². The molecule has 0 rings (SSSR count). The molecule has 0 aromatic carbocycles. The van der Waals surface area contributed by atoms with Crippen molar-refractivity contribution in [3.8, 4) is 0 Å². The number of rotatable bonds is 10. The minimum Gasteiger partial charge on any atom is -0.469 e. The molecule has 0 bridgehead atoms. The lowest BCUT2D eigenvalue weighted by molar-refractivity contribution is -0.140. The molecule has 0 aromatic heterocycles. The van der Waals surface area contributed by atoms with Gasteiger partial charge in [-0.15, -0.1) is 0 Å². The maximum absolute atomic E-state index is 10.9. The van der Waals surface area contributed by atoms with E-state index in [-0.39, 0.29) is 12.0 Å². The van der Waals surface area contributed by atoms with Gasteiger partial charge in [0.1, 0.15) is 0 Å². The monoisotopic (exact) mass is 287 g/mol. The highest BCUT2D eigenvalue weighted by atomic mass is 16.5. The van der Waals surface area contributed by atoms with E-state index < -0.39 is 0 Å². The van der Waals surface area contributed by atoms with Crippen molar-refractivity contribution in [1.82, 2.24) is 10.6 Å². The molecular weight excluding hydrogens is 258 g/mol. The molecule has 0 aliphatic rings. The average Bonchev–Trinajstić information content (AvgIpc) is 2.42. The Balaban J connectivity index is 3.87. The number of hydrogen-bond acceptors (Lipinski definition) is 4. The first-order valence-corrected chi connectivity index (χ1v) is 7.24. The Morgan fingerprint density at radius 1 is 1.25 bits per heavy atom. The second kappa shape index (κ2) is 12.7. The third-order valence-corrected chi connectivity index (χ3v) is 2.68.